The van der Waals surface area contributed by atoms with E-state index in [1.54, 1.807) is 0 Å². The molecule has 41 heavy (non-hydrogen) atoms. The zero-order valence-corrected chi connectivity index (χ0v) is 23.3. The van der Waals surface area contributed by atoms with E-state index < -0.39 is 112 Å². The van der Waals surface area contributed by atoms with Crippen LogP contribution in [0.1, 0.15) is 6.42 Å². The Morgan fingerprint density at radius 3 is 2.02 bits per heavy atom. The minimum absolute atomic E-state index is 0.167. The van der Waals surface area contributed by atoms with Gasteiger partial charge in [-0.2, -0.15) is 12.6 Å². The van der Waals surface area contributed by atoms with E-state index in [-0.39, 0.29) is 6.61 Å². The van der Waals surface area contributed by atoms with Crippen LogP contribution in [-0.2, 0) is 37.3 Å². The molecule has 1 aliphatic carbocycles. The molecule has 4 rings (SSSR count). The number of fused-ring (bicyclic) bond motifs is 1. The van der Waals surface area contributed by atoms with Crippen LogP contribution in [0.3, 0.4) is 0 Å². The molecule has 0 aromatic heterocycles. The van der Waals surface area contributed by atoms with E-state index in [4.69, 9.17) is 38.5 Å². The summed E-state index contributed by atoms with van der Waals surface area (Å²) in [5.41, 5.74) is 6.11. The molecule has 1 unspecified atom stereocenters. The van der Waals surface area contributed by atoms with Gasteiger partial charge < -0.3 is 75.2 Å². The summed E-state index contributed by atoms with van der Waals surface area (Å²) < 4.78 is 49.6. The first-order valence-electron chi connectivity index (χ1n) is 12.9. The van der Waals surface area contributed by atoms with Crippen molar-refractivity contribution in [3.8, 4) is 0 Å². The second kappa shape index (κ2) is 13.9. The number of hydrogen-bond acceptors (Lipinski definition) is 18. The largest absolute Gasteiger partial charge is 0.473 e. The van der Waals surface area contributed by atoms with Gasteiger partial charge in [0.05, 0.1) is 19.3 Å². The number of phosphoric acid groups is 1. The Morgan fingerprint density at radius 1 is 0.756 bits per heavy atom. The van der Waals surface area contributed by atoms with Crippen molar-refractivity contribution in [2.24, 2.45) is 5.73 Å². The number of hydrogen-bond donors (Lipinski definition) is 11. The van der Waals surface area contributed by atoms with Gasteiger partial charge in [-0.1, -0.05) is 0 Å². The molecule has 0 spiro atoms. The highest BCUT2D eigenvalue weighted by atomic mass is 32.1. The average molecular weight is 640 g/mol. The first-order chi connectivity index (χ1) is 19.3. The maximum Gasteiger partial charge on any atom is 0.473 e. The topological polar surface area (TPSA) is 290 Å². The molecule has 4 aliphatic rings. The molecule has 3 saturated heterocycles. The van der Waals surface area contributed by atoms with Crippen LogP contribution < -0.4 is 5.73 Å². The summed E-state index contributed by atoms with van der Waals surface area (Å²) in [7, 11) is -4.67. The molecule has 240 valence electrons. The van der Waals surface area contributed by atoms with E-state index in [0.717, 1.165) is 0 Å². The van der Waals surface area contributed by atoms with E-state index >= 15 is 0 Å². The SMILES string of the molecule is N[C@H]1[C@@H](O[C@@H]2[C@@H](O)[C@H](O)[C@@H](O)[C@H]3OP(=O)(O)O[C@H]32)O[C@H](CO)[C@@H](O[C@@H]2O[C@H](COCCCS)[C@H](O)[C@H](O)[C@H]2O)[C@@H]1O. The van der Waals surface area contributed by atoms with Crippen LogP contribution >= 0.6 is 20.5 Å². The standard InChI is InChI=1S/C21H38NO17PS/c22-8-10(25)16(36-21-15(30)11(26)9(24)7(35-21)5-33-2-1-3-41)6(4-23)34-20(8)37-17-13(28)12(27)14(29)18-19(17)39-40(31,32)38-18/h6-21,23-30,41H,1-5,22H2,(H,31,32)/t6-,7-,8-,9+,10-,11+,12+,13+,14-,15-,16-,17-,18-,19+,20-,21+/m1/s1. The predicted molar refractivity (Wildman–Crippen MR) is 133 cm³/mol. The van der Waals surface area contributed by atoms with Gasteiger partial charge in [-0.3, -0.25) is 9.05 Å². The highest BCUT2D eigenvalue weighted by molar-refractivity contribution is 7.80. The zero-order chi connectivity index (χ0) is 30.2. The molecular formula is C21H38NO17PS. The van der Waals surface area contributed by atoms with Crippen molar-refractivity contribution in [2.45, 2.75) is 104 Å². The molecule has 20 heteroatoms. The lowest BCUT2D eigenvalue weighted by atomic mass is 9.84. The average Bonchev–Trinajstić information content (AvgIpc) is 3.27. The molecular weight excluding hydrogens is 601 g/mol. The van der Waals surface area contributed by atoms with E-state index in [1.165, 1.54) is 0 Å². The molecule has 0 aromatic rings. The van der Waals surface area contributed by atoms with Gasteiger partial charge in [0.25, 0.3) is 0 Å². The second-order valence-corrected chi connectivity index (χ2v) is 12.0. The molecule has 3 aliphatic heterocycles. The van der Waals surface area contributed by atoms with E-state index in [1.807, 2.05) is 0 Å². The third-order valence-corrected chi connectivity index (χ3v) is 8.75. The van der Waals surface area contributed by atoms with E-state index in [0.29, 0.717) is 18.8 Å². The number of aliphatic hydroxyl groups is 8. The van der Waals surface area contributed by atoms with Crippen LogP contribution in [0, 0.1) is 0 Å². The van der Waals surface area contributed by atoms with Gasteiger partial charge in [0.2, 0.25) is 0 Å². The van der Waals surface area contributed by atoms with Gasteiger partial charge in [-0.15, -0.1) is 0 Å². The molecule has 0 amide bonds. The Hall–Kier alpha value is -0.100. The fraction of sp³-hybridized carbons (Fsp3) is 1.00. The smallest absolute Gasteiger partial charge is 0.394 e. The summed E-state index contributed by atoms with van der Waals surface area (Å²) in [4.78, 5) is 9.71. The summed E-state index contributed by atoms with van der Waals surface area (Å²) in [6.07, 6.45) is -23.8. The van der Waals surface area contributed by atoms with Gasteiger partial charge in [0.1, 0.15) is 79.4 Å². The Balaban J connectivity index is 1.45. The van der Waals surface area contributed by atoms with Gasteiger partial charge in [-0.25, -0.2) is 4.57 Å². The van der Waals surface area contributed by atoms with Crippen LogP contribution in [-0.4, -0.2) is 169 Å². The van der Waals surface area contributed by atoms with Crippen LogP contribution in [0.15, 0.2) is 0 Å². The van der Waals surface area contributed by atoms with E-state index in [2.05, 4.69) is 12.6 Å². The van der Waals surface area contributed by atoms with Crippen molar-refractivity contribution in [3.05, 3.63) is 0 Å². The Kier molecular flexibility index (Phi) is 11.5. The molecule has 0 aromatic carbocycles. The van der Waals surface area contributed by atoms with Gasteiger partial charge >= 0.3 is 7.82 Å². The lowest BCUT2D eigenvalue weighted by molar-refractivity contribution is -0.356. The number of rotatable bonds is 10. The molecule has 17 atom stereocenters. The summed E-state index contributed by atoms with van der Waals surface area (Å²) in [5, 5.41) is 82.9. The highest BCUT2D eigenvalue weighted by Crippen LogP contribution is 2.56. The van der Waals surface area contributed by atoms with Crippen LogP contribution in [0.2, 0.25) is 0 Å². The molecule has 0 radical (unpaired) electrons. The number of nitrogens with two attached hydrogens (primary N) is 1. The summed E-state index contributed by atoms with van der Waals surface area (Å²) in [5.74, 6) is 0.556. The fourth-order valence-corrected chi connectivity index (χ4v) is 6.40. The van der Waals surface area contributed by atoms with Crippen molar-refractivity contribution in [1.29, 1.82) is 0 Å². The normalized spacial score (nSPS) is 52.4. The molecule has 1 saturated carbocycles. The van der Waals surface area contributed by atoms with Crippen molar-refractivity contribution in [1.82, 2.24) is 0 Å². The minimum Gasteiger partial charge on any atom is -0.394 e. The van der Waals surface area contributed by atoms with Gasteiger partial charge in [0.15, 0.2) is 12.6 Å². The Labute approximate surface area is 239 Å². The zero-order valence-electron chi connectivity index (χ0n) is 21.5. The molecule has 18 nitrogen and oxygen atoms in total. The lowest BCUT2D eigenvalue weighted by Crippen LogP contribution is -2.69. The van der Waals surface area contributed by atoms with Gasteiger partial charge in [0, 0.05) is 6.61 Å². The third-order valence-electron chi connectivity index (χ3n) is 7.41. The van der Waals surface area contributed by atoms with Crippen molar-refractivity contribution < 1.29 is 83.0 Å². The molecule has 3 heterocycles. The van der Waals surface area contributed by atoms with Crippen LogP contribution in [0.25, 0.3) is 0 Å². The van der Waals surface area contributed by atoms with Crippen molar-refractivity contribution >= 4 is 20.5 Å². The first kappa shape index (κ1) is 33.8. The predicted octanol–water partition coefficient (Wildman–Crippen LogP) is -5.71. The molecule has 4 fully saturated rings. The third kappa shape index (κ3) is 7.09. The Bertz CT molecular complexity index is 908. The minimum atomic E-state index is -4.67. The number of phosphoric ester groups is 1. The second-order valence-electron chi connectivity index (χ2n) is 10.2. The molecule has 0 bridgehead atoms. The van der Waals surface area contributed by atoms with Gasteiger partial charge in [-0.05, 0) is 12.2 Å². The first-order valence-corrected chi connectivity index (χ1v) is 15.1. The van der Waals surface area contributed by atoms with E-state index in [9.17, 15) is 50.3 Å². The highest BCUT2D eigenvalue weighted by Gasteiger charge is 2.61. The number of aliphatic hydroxyl groups excluding tert-OH is 8. The lowest BCUT2D eigenvalue weighted by Gasteiger charge is -2.48. The monoisotopic (exact) mass is 639 g/mol. The summed E-state index contributed by atoms with van der Waals surface area (Å²) in [6.45, 7) is -0.677. The number of thiol groups is 1. The Morgan fingerprint density at radius 2 is 1.37 bits per heavy atom. The number of ether oxygens (including phenoxy) is 5. The summed E-state index contributed by atoms with van der Waals surface area (Å²) >= 11 is 4.07. The quantitative estimate of drug-likeness (QED) is 0.0603. The van der Waals surface area contributed by atoms with Crippen LogP contribution in [0.5, 0.6) is 0 Å². The van der Waals surface area contributed by atoms with Crippen LogP contribution in [0.4, 0.5) is 0 Å². The molecule has 11 N–H and O–H groups in total. The fourth-order valence-electron chi connectivity index (χ4n) is 5.12. The summed E-state index contributed by atoms with van der Waals surface area (Å²) in [6, 6.07) is -1.49. The maximum atomic E-state index is 12.0. The van der Waals surface area contributed by atoms with Crippen molar-refractivity contribution in [3.63, 3.8) is 0 Å². The maximum absolute atomic E-state index is 12.0. The van der Waals surface area contributed by atoms with Crippen molar-refractivity contribution in [2.75, 3.05) is 25.6 Å².